The average Bonchev–Trinajstić information content (AvgIpc) is 2.72. The van der Waals surface area contributed by atoms with E-state index in [0.29, 0.717) is 24.6 Å². The molecule has 0 aliphatic heterocycles. The maximum Gasteiger partial charge on any atom is 0.411 e. The van der Waals surface area contributed by atoms with Crippen molar-refractivity contribution in [2.45, 2.75) is 32.7 Å². The van der Waals surface area contributed by atoms with Crippen LogP contribution in [0.4, 0.5) is 13.2 Å². The lowest BCUT2D eigenvalue weighted by Gasteiger charge is -2.12. The number of halogens is 4. The van der Waals surface area contributed by atoms with Gasteiger partial charge in [0.05, 0.1) is 20.3 Å². The van der Waals surface area contributed by atoms with Gasteiger partial charge in [-0.15, -0.1) is 24.0 Å². The second-order valence-corrected chi connectivity index (χ2v) is 6.65. The summed E-state index contributed by atoms with van der Waals surface area (Å²) >= 11 is 0. The van der Waals surface area contributed by atoms with Gasteiger partial charge in [-0.1, -0.05) is 36.4 Å². The van der Waals surface area contributed by atoms with E-state index in [1.54, 1.807) is 25.3 Å². The van der Waals surface area contributed by atoms with E-state index in [1.165, 1.54) is 5.56 Å². The maximum absolute atomic E-state index is 12.2. The van der Waals surface area contributed by atoms with Gasteiger partial charge in [0, 0.05) is 13.1 Å². The highest BCUT2D eigenvalue weighted by molar-refractivity contribution is 14.0. The molecule has 2 aromatic rings. The molecule has 0 unspecified atom stereocenters. The van der Waals surface area contributed by atoms with Crippen LogP contribution in [0.1, 0.15) is 23.6 Å². The van der Waals surface area contributed by atoms with E-state index in [1.807, 2.05) is 37.3 Å². The molecule has 0 aromatic heterocycles. The normalized spacial score (nSPS) is 11.6. The van der Waals surface area contributed by atoms with Crippen LogP contribution in [0.3, 0.4) is 0 Å². The van der Waals surface area contributed by atoms with Crippen molar-refractivity contribution >= 4 is 29.9 Å². The zero-order valence-corrected chi connectivity index (χ0v) is 20.0. The van der Waals surface area contributed by atoms with Crippen LogP contribution in [0.15, 0.2) is 53.5 Å². The molecular formula is C22H29F3IN3O2. The van der Waals surface area contributed by atoms with Gasteiger partial charge in [-0.3, -0.25) is 0 Å². The van der Waals surface area contributed by atoms with Crippen LogP contribution in [0, 0.1) is 0 Å². The van der Waals surface area contributed by atoms with Crippen LogP contribution in [0.5, 0.6) is 5.75 Å². The zero-order chi connectivity index (χ0) is 21.8. The summed E-state index contributed by atoms with van der Waals surface area (Å²) in [6.45, 7) is 2.49. The lowest BCUT2D eigenvalue weighted by atomic mass is 10.1. The predicted octanol–water partition coefficient (Wildman–Crippen LogP) is 4.69. The molecule has 0 fully saturated rings. The number of alkyl halides is 3. The van der Waals surface area contributed by atoms with E-state index in [4.69, 9.17) is 9.47 Å². The minimum Gasteiger partial charge on any atom is -0.497 e. The quantitative estimate of drug-likeness (QED) is 0.256. The minimum atomic E-state index is -4.32. The van der Waals surface area contributed by atoms with Crippen LogP contribution < -0.4 is 15.4 Å². The summed E-state index contributed by atoms with van der Waals surface area (Å²) in [6, 6.07) is 15.1. The highest BCUT2D eigenvalue weighted by Crippen LogP contribution is 2.16. The van der Waals surface area contributed by atoms with E-state index in [0.717, 1.165) is 24.3 Å². The smallest absolute Gasteiger partial charge is 0.411 e. The number of rotatable bonds is 10. The SMILES string of the molecule is CCNC(=NCc1cccc(COCC(F)(F)F)c1)NCCc1ccc(OC)cc1.I. The lowest BCUT2D eigenvalue weighted by molar-refractivity contribution is -0.176. The van der Waals surface area contributed by atoms with Gasteiger partial charge in [-0.25, -0.2) is 4.99 Å². The summed E-state index contributed by atoms with van der Waals surface area (Å²) < 4.78 is 46.5. The van der Waals surface area contributed by atoms with Gasteiger partial charge < -0.3 is 20.1 Å². The third-order valence-corrected chi connectivity index (χ3v) is 4.15. The largest absolute Gasteiger partial charge is 0.497 e. The van der Waals surface area contributed by atoms with E-state index in [-0.39, 0.29) is 30.6 Å². The fourth-order valence-corrected chi connectivity index (χ4v) is 2.73. The highest BCUT2D eigenvalue weighted by Gasteiger charge is 2.27. The number of nitrogens with zero attached hydrogens (tertiary/aromatic N) is 1. The Bertz CT molecular complexity index is 799. The fourth-order valence-electron chi connectivity index (χ4n) is 2.73. The van der Waals surface area contributed by atoms with Crippen molar-refractivity contribution < 1.29 is 22.6 Å². The van der Waals surface area contributed by atoms with Crippen molar-refractivity contribution in [1.29, 1.82) is 0 Å². The molecule has 0 amide bonds. The molecule has 0 saturated carbocycles. The molecule has 0 heterocycles. The first-order chi connectivity index (χ1) is 14.4. The summed E-state index contributed by atoms with van der Waals surface area (Å²) in [6.07, 6.45) is -3.49. The number of ether oxygens (including phenoxy) is 2. The Labute approximate surface area is 198 Å². The predicted molar refractivity (Wildman–Crippen MR) is 127 cm³/mol. The van der Waals surface area contributed by atoms with E-state index in [2.05, 4.69) is 15.6 Å². The van der Waals surface area contributed by atoms with Crippen molar-refractivity contribution in [3.63, 3.8) is 0 Å². The minimum absolute atomic E-state index is 0. The van der Waals surface area contributed by atoms with Gasteiger partial charge in [0.25, 0.3) is 0 Å². The third-order valence-electron chi connectivity index (χ3n) is 4.15. The summed E-state index contributed by atoms with van der Waals surface area (Å²) in [7, 11) is 1.64. The van der Waals surface area contributed by atoms with Gasteiger partial charge in [0.1, 0.15) is 12.4 Å². The Kier molecular flexibility index (Phi) is 12.3. The number of benzene rings is 2. The Morgan fingerprint density at radius 1 is 1.00 bits per heavy atom. The zero-order valence-electron chi connectivity index (χ0n) is 17.7. The standard InChI is InChI=1S/C22H28F3N3O2.HI/c1-3-26-21(27-12-11-17-7-9-20(29-2)10-8-17)28-14-18-5-4-6-19(13-18)15-30-16-22(23,24)25;/h4-10,13H,3,11-12,14-16H2,1-2H3,(H2,26,27,28);1H. The van der Waals surface area contributed by atoms with Crippen LogP contribution in [-0.2, 0) is 24.3 Å². The number of methoxy groups -OCH3 is 1. The van der Waals surface area contributed by atoms with Crippen LogP contribution in [0.2, 0.25) is 0 Å². The van der Waals surface area contributed by atoms with Gasteiger partial charge in [0.2, 0.25) is 0 Å². The highest BCUT2D eigenvalue weighted by atomic mass is 127. The number of nitrogens with one attached hydrogen (secondary N) is 2. The van der Waals surface area contributed by atoms with Gasteiger partial charge in [-0.2, -0.15) is 13.2 Å². The molecule has 0 bridgehead atoms. The first-order valence-electron chi connectivity index (χ1n) is 9.77. The van der Waals surface area contributed by atoms with Crippen LogP contribution >= 0.6 is 24.0 Å². The molecule has 0 spiro atoms. The van der Waals surface area contributed by atoms with E-state index >= 15 is 0 Å². The number of guanidine groups is 1. The van der Waals surface area contributed by atoms with Crippen molar-refractivity contribution in [3.05, 3.63) is 65.2 Å². The van der Waals surface area contributed by atoms with E-state index < -0.39 is 12.8 Å². The van der Waals surface area contributed by atoms with Gasteiger partial charge >= 0.3 is 6.18 Å². The van der Waals surface area contributed by atoms with Crippen molar-refractivity contribution in [2.24, 2.45) is 4.99 Å². The Morgan fingerprint density at radius 2 is 1.71 bits per heavy atom. The monoisotopic (exact) mass is 551 g/mol. The van der Waals surface area contributed by atoms with Crippen LogP contribution in [-0.4, -0.2) is 38.9 Å². The lowest BCUT2D eigenvalue weighted by Crippen LogP contribution is -2.38. The second kappa shape index (κ2) is 14.1. The summed E-state index contributed by atoms with van der Waals surface area (Å²) in [5.41, 5.74) is 2.77. The molecule has 0 saturated heterocycles. The molecule has 31 heavy (non-hydrogen) atoms. The van der Waals surface area contributed by atoms with Crippen molar-refractivity contribution in [2.75, 3.05) is 26.8 Å². The van der Waals surface area contributed by atoms with E-state index in [9.17, 15) is 13.2 Å². The summed E-state index contributed by atoms with van der Waals surface area (Å²) in [4.78, 5) is 4.56. The van der Waals surface area contributed by atoms with Gasteiger partial charge in [0.15, 0.2) is 5.96 Å². The first kappa shape index (κ1) is 27.0. The molecule has 172 valence electrons. The molecule has 2 rings (SSSR count). The molecule has 2 aromatic carbocycles. The molecular weight excluding hydrogens is 522 g/mol. The summed E-state index contributed by atoms with van der Waals surface area (Å²) in [5, 5.41) is 6.48. The average molecular weight is 551 g/mol. The molecule has 2 N–H and O–H groups in total. The van der Waals surface area contributed by atoms with Crippen LogP contribution in [0.25, 0.3) is 0 Å². The molecule has 0 aliphatic carbocycles. The second-order valence-electron chi connectivity index (χ2n) is 6.65. The number of aliphatic imine (C=N–C) groups is 1. The molecule has 0 aliphatic rings. The Morgan fingerprint density at radius 3 is 2.35 bits per heavy atom. The Balaban J connectivity index is 0.00000480. The molecule has 5 nitrogen and oxygen atoms in total. The summed E-state index contributed by atoms with van der Waals surface area (Å²) in [5.74, 6) is 1.51. The number of hydrogen-bond acceptors (Lipinski definition) is 3. The van der Waals surface area contributed by atoms with Gasteiger partial charge in [-0.05, 0) is 42.2 Å². The number of hydrogen-bond donors (Lipinski definition) is 2. The maximum atomic E-state index is 12.2. The fraction of sp³-hybridized carbons (Fsp3) is 0.409. The molecule has 0 radical (unpaired) electrons. The third kappa shape index (κ3) is 11.3. The van der Waals surface area contributed by atoms with Crippen molar-refractivity contribution in [1.82, 2.24) is 10.6 Å². The van der Waals surface area contributed by atoms with Crippen molar-refractivity contribution in [3.8, 4) is 5.75 Å². The Hall–Kier alpha value is -2.01. The molecule has 9 heteroatoms. The topological polar surface area (TPSA) is 54.9 Å². The molecule has 0 atom stereocenters. The first-order valence-corrected chi connectivity index (χ1v) is 9.77.